The summed E-state index contributed by atoms with van der Waals surface area (Å²) >= 11 is 0. The van der Waals surface area contributed by atoms with Gasteiger partial charge in [-0.2, -0.15) is 0 Å². The van der Waals surface area contributed by atoms with Crippen LogP contribution in [0.4, 0.5) is 5.69 Å². The fourth-order valence-electron chi connectivity index (χ4n) is 2.47. The van der Waals surface area contributed by atoms with Gasteiger partial charge in [0.05, 0.1) is 29.8 Å². The molecule has 1 aromatic rings. The van der Waals surface area contributed by atoms with Crippen molar-refractivity contribution in [3.63, 3.8) is 0 Å². The lowest BCUT2D eigenvalue weighted by atomic mass is 9.92. The Balaban J connectivity index is 1.97. The highest BCUT2D eigenvalue weighted by Crippen LogP contribution is 2.25. The Hall–Kier alpha value is -1.13. The van der Waals surface area contributed by atoms with Crippen molar-refractivity contribution in [1.29, 1.82) is 0 Å². The number of rotatable bonds is 3. The minimum absolute atomic E-state index is 0.206. The normalized spacial score (nSPS) is 20.8. The zero-order valence-corrected chi connectivity index (χ0v) is 11.1. The molecule has 18 heavy (non-hydrogen) atoms. The van der Waals surface area contributed by atoms with Gasteiger partial charge in [-0.25, -0.2) is 0 Å². The molecule has 0 aliphatic carbocycles. The summed E-state index contributed by atoms with van der Waals surface area (Å²) in [7, 11) is 0. The van der Waals surface area contributed by atoms with Gasteiger partial charge in [0.25, 0.3) is 0 Å². The number of pyridine rings is 1. The number of hydrogen-bond donors (Lipinski definition) is 2. The van der Waals surface area contributed by atoms with Crippen molar-refractivity contribution in [2.75, 3.05) is 18.0 Å². The molecule has 0 radical (unpaired) electrons. The number of aliphatic hydroxyl groups is 2. The smallest absolute Gasteiger partial charge is 0.0931 e. The summed E-state index contributed by atoms with van der Waals surface area (Å²) in [5.41, 5.74) is 1.81. The standard InChI is InChI=1S/C14H22N2O2/c1-10(17)12-5-7-16(8-6-12)13-3-4-14(11(2)18)15-9-13/h3-4,9-12,17-18H,5-8H2,1-2H3. The Morgan fingerprint density at radius 2 is 1.89 bits per heavy atom. The number of piperidine rings is 1. The molecule has 1 aromatic heterocycles. The molecule has 100 valence electrons. The van der Waals surface area contributed by atoms with Crippen LogP contribution in [0.15, 0.2) is 18.3 Å². The Morgan fingerprint density at radius 1 is 1.22 bits per heavy atom. The number of aliphatic hydroxyl groups excluding tert-OH is 2. The molecule has 2 rings (SSSR count). The lowest BCUT2D eigenvalue weighted by Crippen LogP contribution is -2.37. The summed E-state index contributed by atoms with van der Waals surface area (Å²) in [5, 5.41) is 19.0. The highest BCUT2D eigenvalue weighted by atomic mass is 16.3. The molecule has 1 fully saturated rings. The molecule has 2 heterocycles. The predicted molar refractivity (Wildman–Crippen MR) is 71.5 cm³/mol. The van der Waals surface area contributed by atoms with Crippen molar-refractivity contribution >= 4 is 5.69 Å². The summed E-state index contributed by atoms with van der Waals surface area (Å²) in [6.07, 6.45) is 3.15. The van der Waals surface area contributed by atoms with E-state index in [1.54, 1.807) is 6.92 Å². The summed E-state index contributed by atoms with van der Waals surface area (Å²) in [6.45, 7) is 5.52. The van der Waals surface area contributed by atoms with Crippen LogP contribution in [0.1, 0.15) is 38.5 Å². The van der Waals surface area contributed by atoms with Crippen LogP contribution in [0.2, 0.25) is 0 Å². The number of anilines is 1. The second-order valence-corrected chi connectivity index (χ2v) is 5.18. The molecule has 0 bridgehead atoms. The molecule has 4 heteroatoms. The number of aromatic nitrogens is 1. The van der Waals surface area contributed by atoms with Crippen LogP contribution in [0.3, 0.4) is 0 Å². The van der Waals surface area contributed by atoms with Crippen molar-refractivity contribution < 1.29 is 10.2 Å². The van der Waals surface area contributed by atoms with Crippen molar-refractivity contribution in [1.82, 2.24) is 4.98 Å². The van der Waals surface area contributed by atoms with E-state index >= 15 is 0 Å². The van der Waals surface area contributed by atoms with E-state index in [1.807, 2.05) is 25.3 Å². The quantitative estimate of drug-likeness (QED) is 0.858. The molecule has 2 atom stereocenters. The molecule has 2 unspecified atom stereocenters. The van der Waals surface area contributed by atoms with Gasteiger partial charge in [0.15, 0.2) is 0 Å². The van der Waals surface area contributed by atoms with Crippen molar-refractivity contribution in [2.24, 2.45) is 5.92 Å². The van der Waals surface area contributed by atoms with Crippen LogP contribution in [0, 0.1) is 5.92 Å². The minimum atomic E-state index is -0.514. The summed E-state index contributed by atoms with van der Waals surface area (Å²) in [6, 6.07) is 3.89. The van der Waals surface area contributed by atoms with Crippen LogP contribution < -0.4 is 4.90 Å². The average molecular weight is 250 g/mol. The van der Waals surface area contributed by atoms with Gasteiger partial charge in [0.2, 0.25) is 0 Å². The number of nitrogens with zero attached hydrogens (tertiary/aromatic N) is 2. The van der Waals surface area contributed by atoms with E-state index in [0.29, 0.717) is 11.6 Å². The fraction of sp³-hybridized carbons (Fsp3) is 0.643. The molecule has 1 saturated heterocycles. The van der Waals surface area contributed by atoms with Crippen LogP contribution in [0.5, 0.6) is 0 Å². The number of hydrogen-bond acceptors (Lipinski definition) is 4. The zero-order chi connectivity index (χ0) is 13.1. The van der Waals surface area contributed by atoms with Crippen LogP contribution in [0.25, 0.3) is 0 Å². The monoisotopic (exact) mass is 250 g/mol. The molecule has 1 aliphatic heterocycles. The Labute approximate surface area is 108 Å². The second kappa shape index (κ2) is 5.67. The van der Waals surface area contributed by atoms with Crippen LogP contribution in [-0.4, -0.2) is 34.4 Å². The summed E-state index contributed by atoms with van der Waals surface area (Å²) < 4.78 is 0. The molecule has 0 saturated carbocycles. The zero-order valence-electron chi connectivity index (χ0n) is 11.1. The van der Waals surface area contributed by atoms with E-state index in [4.69, 9.17) is 0 Å². The van der Waals surface area contributed by atoms with Crippen molar-refractivity contribution in [3.05, 3.63) is 24.0 Å². The first-order chi connectivity index (χ1) is 8.58. The van der Waals surface area contributed by atoms with E-state index in [0.717, 1.165) is 31.6 Å². The largest absolute Gasteiger partial charge is 0.393 e. The van der Waals surface area contributed by atoms with Gasteiger partial charge < -0.3 is 15.1 Å². The lowest BCUT2D eigenvalue weighted by Gasteiger charge is -2.34. The topological polar surface area (TPSA) is 56.6 Å². The predicted octanol–water partition coefficient (Wildman–Crippen LogP) is 1.73. The van der Waals surface area contributed by atoms with E-state index in [2.05, 4.69) is 9.88 Å². The maximum absolute atomic E-state index is 9.57. The van der Waals surface area contributed by atoms with Crippen molar-refractivity contribution in [2.45, 2.75) is 38.9 Å². The van der Waals surface area contributed by atoms with Gasteiger partial charge in [-0.1, -0.05) is 0 Å². The molecular weight excluding hydrogens is 228 g/mol. The van der Waals surface area contributed by atoms with E-state index in [-0.39, 0.29) is 6.10 Å². The van der Waals surface area contributed by atoms with Crippen LogP contribution >= 0.6 is 0 Å². The Morgan fingerprint density at radius 3 is 2.33 bits per heavy atom. The van der Waals surface area contributed by atoms with Crippen molar-refractivity contribution in [3.8, 4) is 0 Å². The Kier molecular flexibility index (Phi) is 4.19. The SMILES string of the molecule is CC(O)c1ccc(N2CCC(C(C)O)CC2)cn1. The van der Waals surface area contributed by atoms with Gasteiger partial charge >= 0.3 is 0 Å². The molecule has 2 N–H and O–H groups in total. The van der Waals surface area contributed by atoms with E-state index in [1.165, 1.54) is 0 Å². The van der Waals surface area contributed by atoms with Gasteiger partial charge in [-0.05, 0) is 44.7 Å². The third kappa shape index (κ3) is 3.00. The maximum Gasteiger partial charge on any atom is 0.0931 e. The van der Waals surface area contributed by atoms with E-state index in [9.17, 15) is 10.2 Å². The molecule has 0 amide bonds. The van der Waals surface area contributed by atoms with Gasteiger partial charge in [-0.15, -0.1) is 0 Å². The van der Waals surface area contributed by atoms with Gasteiger partial charge in [0.1, 0.15) is 0 Å². The fourth-order valence-corrected chi connectivity index (χ4v) is 2.47. The first-order valence-electron chi connectivity index (χ1n) is 6.65. The highest BCUT2D eigenvalue weighted by molar-refractivity contribution is 5.45. The van der Waals surface area contributed by atoms with Gasteiger partial charge in [-0.3, -0.25) is 4.98 Å². The molecule has 1 aliphatic rings. The highest BCUT2D eigenvalue weighted by Gasteiger charge is 2.22. The third-order valence-electron chi connectivity index (χ3n) is 3.79. The molecular formula is C14H22N2O2. The molecule has 0 spiro atoms. The first kappa shape index (κ1) is 13.3. The minimum Gasteiger partial charge on any atom is -0.393 e. The Bertz CT molecular complexity index is 368. The molecule has 0 aromatic carbocycles. The lowest BCUT2D eigenvalue weighted by molar-refractivity contribution is 0.110. The van der Waals surface area contributed by atoms with Crippen LogP contribution in [-0.2, 0) is 0 Å². The van der Waals surface area contributed by atoms with E-state index < -0.39 is 6.10 Å². The first-order valence-corrected chi connectivity index (χ1v) is 6.65. The molecule has 4 nitrogen and oxygen atoms in total. The maximum atomic E-state index is 9.57. The van der Waals surface area contributed by atoms with Gasteiger partial charge in [0, 0.05) is 13.1 Å². The summed E-state index contributed by atoms with van der Waals surface area (Å²) in [4.78, 5) is 6.56. The average Bonchev–Trinajstić information content (AvgIpc) is 2.39. The third-order valence-corrected chi connectivity index (χ3v) is 3.79. The summed E-state index contributed by atoms with van der Waals surface area (Å²) in [5.74, 6) is 0.422. The second-order valence-electron chi connectivity index (χ2n) is 5.18.